The number of unbranched alkanes of at least 4 members (excludes halogenated alkanes) is 14. The molecule has 0 fully saturated rings. The number of aliphatic hydroxyl groups excluding tert-OH is 2. The molecule has 0 aliphatic carbocycles. The third-order valence-corrected chi connectivity index (χ3v) is 4.93. The molecule has 0 aromatic carbocycles. The average molecular weight is 388 g/mol. The van der Waals surface area contributed by atoms with Gasteiger partial charge in [-0.2, -0.15) is 0 Å². The largest absolute Gasteiger partial charge is 0.375 e. The lowest BCUT2D eigenvalue weighted by atomic mass is 10.0. The van der Waals surface area contributed by atoms with E-state index in [-0.39, 0.29) is 0 Å². The smallest absolute Gasteiger partial charge is 0.325 e. The van der Waals surface area contributed by atoms with Crippen LogP contribution in [-0.4, -0.2) is 33.7 Å². The normalized spacial score (nSPS) is 13.7. The van der Waals surface area contributed by atoms with Crippen LogP contribution in [0, 0.1) is 0 Å². The number of carbonyl (C=O) groups is 1. The molecule has 5 heteroatoms. The minimum atomic E-state index is -1.02. The fourth-order valence-corrected chi connectivity index (χ4v) is 3.27. The molecule has 27 heavy (non-hydrogen) atoms. The predicted octanol–water partition coefficient (Wildman–Crippen LogP) is 5.68. The molecule has 0 aromatic heterocycles. The molecule has 0 aliphatic heterocycles. The van der Waals surface area contributed by atoms with Gasteiger partial charge in [0.15, 0.2) is 0 Å². The summed E-state index contributed by atoms with van der Waals surface area (Å²) < 4.78 is 0. The fraction of sp³-hybridized carbons (Fsp3) is 0.955. The SMILES string of the molecule is CCCCCCCCCCCCCCCCCC(=O)ON(C(C)O)C(C)O. The van der Waals surface area contributed by atoms with E-state index in [9.17, 15) is 15.0 Å². The Kier molecular flexibility index (Phi) is 18.3. The second-order valence-electron chi connectivity index (χ2n) is 7.79. The van der Waals surface area contributed by atoms with Gasteiger partial charge in [-0.3, -0.25) is 4.79 Å². The molecule has 0 saturated heterocycles. The Morgan fingerprint density at radius 2 is 1.04 bits per heavy atom. The summed E-state index contributed by atoms with van der Waals surface area (Å²) in [5.41, 5.74) is 0. The zero-order valence-electron chi connectivity index (χ0n) is 18.1. The molecule has 162 valence electrons. The third kappa shape index (κ3) is 17.2. The summed E-state index contributed by atoms with van der Waals surface area (Å²) in [4.78, 5) is 16.7. The van der Waals surface area contributed by atoms with Crippen molar-refractivity contribution < 1.29 is 19.8 Å². The predicted molar refractivity (Wildman–Crippen MR) is 111 cm³/mol. The van der Waals surface area contributed by atoms with Crippen molar-refractivity contribution >= 4 is 5.97 Å². The summed E-state index contributed by atoms with van der Waals surface area (Å²) in [7, 11) is 0. The second kappa shape index (κ2) is 18.7. The van der Waals surface area contributed by atoms with Crippen molar-refractivity contribution in [2.24, 2.45) is 0 Å². The standard InChI is InChI=1S/C22H45NO4/c1-4-5-6-7-8-9-10-11-12-13-14-15-16-17-18-19-22(26)27-23(20(2)24)21(3)25/h20-21,24-25H,4-19H2,1-3H3. The van der Waals surface area contributed by atoms with Crippen LogP contribution in [0.2, 0.25) is 0 Å². The van der Waals surface area contributed by atoms with E-state index in [4.69, 9.17) is 4.84 Å². The lowest BCUT2D eigenvalue weighted by molar-refractivity contribution is -0.276. The maximum Gasteiger partial charge on any atom is 0.325 e. The summed E-state index contributed by atoms with van der Waals surface area (Å²) in [5, 5.41) is 19.8. The molecule has 0 bridgehead atoms. The van der Waals surface area contributed by atoms with Crippen LogP contribution in [0.3, 0.4) is 0 Å². The van der Waals surface area contributed by atoms with E-state index >= 15 is 0 Å². The zero-order valence-corrected chi connectivity index (χ0v) is 18.1. The quantitative estimate of drug-likeness (QED) is 0.169. The van der Waals surface area contributed by atoms with Gasteiger partial charge in [-0.25, -0.2) is 0 Å². The maximum atomic E-state index is 11.7. The molecule has 0 saturated carbocycles. The summed E-state index contributed by atoms with van der Waals surface area (Å²) in [5.74, 6) is -0.397. The minimum Gasteiger partial charge on any atom is -0.375 e. The highest BCUT2D eigenvalue weighted by atomic mass is 16.7. The van der Waals surface area contributed by atoms with E-state index < -0.39 is 18.4 Å². The number of hydrogen-bond donors (Lipinski definition) is 2. The maximum absolute atomic E-state index is 11.7. The summed E-state index contributed by atoms with van der Waals surface area (Å²) in [6.45, 7) is 5.17. The van der Waals surface area contributed by atoms with Crippen LogP contribution in [0.5, 0.6) is 0 Å². The zero-order chi connectivity index (χ0) is 20.3. The number of hydroxylamine groups is 2. The lowest BCUT2D eigenvalue weighted by Crippen LogP contribution is -2.41. The van der Waals surface area contributed by atoms with Crippen LogP contribution >= 0.6 is 0 Å². The van der Waals surface area contributed by atoms with Gasteiger partial charge in [0, 0.05) is 6.42 Å². The van der Waals surface area contributed by atoms with E-state index in [0.717, 1.165) is 24.3 Å². The van der Waals surface area contributed by atoms with Crippen molar-refractivity contribution in [1.29, 1.82) is 0 Å². The fourth-order valence-electron chi connectivity index (χ4n) is 3.27. The Morgan fingerprint density at radius 1 is 0.704 bits per heavy atom. The first-order valence-electron chi connectivity index (χ1n) is 11.3. The molecule has 0 amide bonds. The molecule has 0 aliphatic rings. The number of nitrogens with zero attached hydrogens (tertiary/aromatic N) is 1. The van der Waals surface area contributed by atoms with Crippen LogP contribution < -0.4 is 0 Å². The highest BCUT2D eigenvalue weighted by Gasteiger charge is 2.20. The third-order valence-electron chi connectivity index (χ3n) is 4.93. The number of hydrogen-bond acceptors (Lipinski definition) is 5. The lowest BCUT2D eigenvalue weighted by Gasteiger charge is -2.25. The Balaban J connectivity index is 3.34. The van der Waals surface area contributed by atoms with Crippen LogP contribution in [0.15, 0.2) is 0 Å². The van der Waals surface area contributed by atoms with Crippen molar-refractivity contribution in [1.82, 2.24) is 5.06 Å². The van der Waals surface area contributed by atoms with Crippen LogP contribution in [0.1, 0.15) is 124 Å². The van der Waals surface area contributed by atoms with Gasteiger partial charge >= 0.3 is 5.97 Å². The van der Waals surface area contributed by atoms with Crippen molar-refractivity contribution in [2.75, 3.05) is 0 Å². The Bertz CT molecular complexity index is 326. The molecular weight excluding hydrogens is 342 g/mol. The first kappa shape index (κ1) is 26.4. The molecule has 0 spiro atoms. The summed E-state index contributed by atoms with van der Waals surface area (Å²) in [6, 6.07) is 0. The monoisotopic (exact) mass is 387 g/mol. The first-order valence-corrected chi connectivity index (χ1v) is 11.3. The summed E-state index contributed by atoms with van der Waals surface area (Å²) in [6.07, 6.45) is 17.6. The van der Waals surface area contributed by atoms with E-state index in [1.54, 1.807) is 0 Å². The van der Waals surface area contributed by atoms with Gasteiger partial charge in [0.2, 0.25) is 0 Å². The van der Waals surface area contributed by atoms with Crippen LogP contribution in [0.25, 0.3) is 0 Å². The Hall–Kier alpha value is -0.650. The van der Waals surface area contributed by atoms with Crippen molar-refractivity contribution in [3.05, 3.63) is 0 Å². The van der Waals surface area contributed by atoms with E-state index in [0.29, 0.717) is 6.42 Å². The van der Waals surface area contributed by atoms with Crippen LogP contribution in [0.4, 0.5) is 0 Å². The average Bonchev–Trinajstić information content (AvgIpc) is 2.62. The minimum absolute atomic E-state index is 0.328. The van der Waals surface area contributed by atoms with Gasteiger partial charge in [-0.1, -0.05) is 102 Å². The first-order chi connectivity index (χ1) is 13.0. The molecular formula is C22H45NO4. The molecule has 2 N–H and O–H groups in total. The van der Waals surface area contributed by atoms with Gasteiger partial charge in [-0.05, 0) is 20.3 Å². The number of carbonyl (C=O) groups excluding carboxylic acids is 1. The van der Waals surface area contributed by atoms with Gasteiger partial charge in [0.1, 0.15) is 12.5 Å². The van der Waals surface area contributed by atoms with Gasteiger partial charge in [0.25, 0.3) is 0 Å². The highest BCUT2D eigenvalue weighted by molar-refractivity contribution is 5.68. The highest BCUT2D eigenvalue weighted by Crippen LogP contribution is 2.14. The number of rotatable bonds is 19. The van der Waals surface area contributed by atoms with E-state index in [1.165, 1.54) is 90.9 Å². The van der Waals surface area contributed by atoms with Crippen molar-refractivity contribution in [3.63, 3.8) is 0 Å². The van der Waals surface area contributed by atoms with E-state index in [1.807, 2.05) is 0 Å². The Morgan fingerprint density at radius 3 is 1.37 bits per heavy atom. The van der Waals surface area contributed by atoms with Gasteiger partial charge in [-0.15, -0.1) is 0 Å². The molecule has 2 unspecified atom stereocenters. The summed E-state index contributed by atoms with van der Waals surface area (Å²) >= 11 is 0. The van der Waals surface area contributed by atoms with Crippen molar-refractivity contribution in [3.8, 4) is 0 Å². The van der Waals surface area contributed by atoms with Crippen LogP contribution in [-0.2, 0) is 9.63 Å². The Labute approximate surface area is 167 Å². The topological polar surface area (TPSA) is 70.0 Å². The molecule has 0 heterocycles. The second-order valence-corrected chi connectivity index (χ2v) is 7.79. The molecule has 5 nitrogen and oxygen atoms in total. The molecule has 0 rings (SSSR count). The van der Waals surface area contributed by atoms with Gasteiger partial charge in [0.05, 0.1) is 0 Å². The molecule has 0 radical (unpaired) electrons. The van der Waals surface area contributed by atoms with Crippen molar-refractivity contribution in [2.45, 2.75) is 136 Å². The number of aliphatic hydroxyl groups is 2. The van der Waals surface area contributed by atoms with E-state index in [2.05, 4.69) is 6.92 Å². The van der Waals surface area contributed by atoms with Gasteiger partial charge < -0.3 is 15.1 Å². The molecule has 0 aromatic rings. The molecule has 2 atom stereocenters.